The van der Waals surface area contributed by atoms with Crippen LogP contribution >= 0.6 is 0 Å². The van der Waals surface area contributed by atoms with Gasteiger partial charge in [-0.2, -0.15) is 13.2 Å². The Labute approximate surface area is 146 Å². The second kappa shape index (κ2) is 7.77. The Morgan fingerprint density at radius 1 is 1.12 bits per heavy atom. The van der Waals surface area contributed by atoms with Crippen LogP contribution in [0.1, 0.15) is 36.8 Å². The fourth-order valence-electron chi connectivity index (χ4n) is 2.05. The third-order valence-electron chi connectivity index (χ3n) is 3.37. The van der Waals surface area contributed by atoms with Crippen LogP contribution in [-0.2, 0) is 10.9 Å². The zero-order chi connectivity index (χ0) is 19.3. The number of pyridine rings is 1. The number of esters is 1. The van der Waals surface area contributed by atoms with Crippen molar-refractivity contribution in [3.63, 3.8) is 0 Å². The van der Waals surface area contributed by atoms with Gasteiger partial charge in [0.25, 0.3) is 5.91 Å². The van der Waals surface area contributed by atoms with Gasteiger partial charge >= 0.3 is 12.1 Å². The van der Waals surface area contributed by atoms with Crippen LogP contribution in [0.25, 0.3) is 0 Å². The van der Waals surface area contributed by atoms with Crippen molar-refractivity contribution in [2.24, 2.45) is 0 Å². The molecule has 0 bridgehead atoms. The molecule has 0 fully saturated rings. The van der Waals surface area contributed by atoms with Crippen molar-refractivity contribution < 1.29 is 32.3 Å². The van der Waals surface area contributed by atoms with Gasteiger partial charge in [0.2, 0.25) is 0 Å². The molecular weight excluding hydrogens is 353 g/mol. The smallest absolute Gasteiger partial charge is 0.416 e. The fraction of sp³-hybridized carbons (Fsp3) is 0.176. The molecule has 136 valence electrons. The van der Waals surface area contributed by atoms with E-state index in [1.807, 2.05) is 0 Å². The van der Waals surface area contributed by atoms with Crippen LogP contribution in [-0.4, -0.2) is 36.3 Å². The Morgan fingerprint density at radius 2 is 1.77 bits per heavy atom. The van der Waals surface area contributed by atoms with E-state index in [9.17, 15) is 27.6 Å². The number of nitrogens with zero attached hydrogens (tertiary/aromatic N) is 1. The minimum Gasteiger partial charge on any atom is -0.465 e. The number of alkyl halides is 3. The molecule has 0 saturated heterocycles. The summed E-state index contributed by atoms with van der Waals surface area (Å²) in [4.78, 5) is 39.5. The van der Waals surface area contributed by atoms with Crippen LogP contribution in [0, 0.1) is 0 Å². The summed E-state index contributed by atoms with van der Waals surface area (Å²) in [6, 6.07) is 6.39. The Bertz CT molecular complexity index is 833. The molecule has 2 aromatic rings. The van der Waals surface area contributed by atoms with Gasteiger partial charge in [0.05, 0.1) is 24.8 Å². The van der Waals surface area contributed by atoms with Crippen LogP contribution in [0.15, 0.2) is 42.6 Å². The Kier molecular flexibility index (Phi) is 5.71. The first kappa shape index (κ1) is 19.1. The van der Waals surface area contributed by atoms with Crippen molar-refractivity contribution in [2.75, 3.05) is 13.7 Å². The van der Waals surface area contributed by atoms with Crippen molar-refractivity contribution in [1.82, 2.24) is 10.3 Å². The summed E-state index contributed by atoms with van der Waals surface area (Å²) in [5, 5.41) is 2.28. The molecule has 0 spiro atoms. The molecule has 0 aliphatic heterocycles. The zero-order valence-corrected chi connectivity index (χ0v) is 13.5. The van der Waals surface area contributed by atoms with Gasteiger partial charge < -0.3 is 10.1 Å². The van der Waals surface area contributed by atoms with Crippen LogP contribution in [0.2, 0.25) is 0 Å². The predicted molar refractivity (Wildman–Crippen MR) is 83.7 cm³/mol. The number of halogens is 3. The van der Waals surface area contributed by atoms with Crippen molar-refractivity contribution in [1.29, 1.82) is 0 Å². The molecule has 0 atom stereocenters. The first-order valence-corrected chi connectivity index (χ1v) is 7.26. The second-order valence-corrected chi connectivity index (χ2v) is 5.07. The lowest BCUT2D eigenvalue weighted by atomic mass is 10.1. The molecule has 1 heterocycles. The standard InChI is InChI=1S/C17H13F3N2O4/c1-26-16(25)12-3-2-8-21-14(12)15(24)22-9-13(23)10-4-6-11(7-5-10)17(18,19)20/h2-8H,9H2,1H3,(H,22,24). The number of methoxy groups -OCH3 is 1. The van der Waals surface area contributed by atoms with Gasteiger partial charge in [-0.1, -0.05) is 12.1 Å². The van der Waals surface area contributed by atoms with E-state index in [1.165, 1.54) is 18.3 Å². The number of aromatic nitrogens is 1. The summed E-state index contributed by atoms with van der Waals surface area (Å²) < 4.78 is 42.1. The molecule has 1 aromatic carbocycles. The molecular formula is C17H13F3N2O4. The molecule has 0 unspecified atom stereocenters. The molecule has 0 saturated carbocycles. The number of ketones is 1. The lowest BCUT2D eigenvalue weighted by Crippen LogP contribution is -2.31. The van der Waals surface area contributed by atoms with Gasteiger partial charge in [-0.05, 0) is 24.3 Å². The van der Waals surface area contributed by atoms with Crippen molar-refractivity contribution in [3.8, 4) is 0 Å². The highest BCUT2D eigenvalue weighted by Gasteiger charge is 2.30. The molecule has 2 rings (SSSR count). The Hall–Kier alpha value is -3.23. The maximum Gasteiger partial charge on any atom is 0.416 e. The summed E-state index contributed by atoms with van der Waals surface area (Å²) in [6.45, 7) is -0.471. The summed E-state index contributed by atoms with van der Waals surface area (Å²) in [5.74, 6) is -2.15. The average molecular weight is 366 g/mol. The van der Waals surface area contributed by atoms with Crippen LogP contribution in [0.4, 0.5) is 13.2 Å². The first-order chi connectivity index (χ1) is 12.2. The van der Waals surface area contributed by atoms with Gasteiger partial charge in [-0.15, -0.1) is 0 Å². The first-order valence-electron chi connectivity index (χ1n) is 7.26. The number of benzene rings is 1. The number of hydrogen-bond donors (Lipinski definition) is 1. The summed E-state index contributed by atoms with van der Waals surface area (Å²) in [7, 11) is 1.14. The highest BCUT2D eigenvalue weighted by molar-refractivity contribution is 6.06. The van der Waals surface area contributed by atoms with Gasteiger partial charge in [-0.3, -0.25) is 14.6 Å². The average Bonchev–Trinajstić information content (AvgIpc) is 2.64. The van der Waals surface area contributed by atoms with Crippen molar-refractivity contribution in [3.05, 3.63) is 65.0 Å². The fourth-order valence-corrected chi connectivity index (χ4v) is 2.05. The van der Waals surface area contributed by atoms with E-state index in [-0.39, 0.29) is 16.8 Å². The van der Waals surface area contributed by atoms with Crippen molar-refractivity contribution in [2.45, 2.75) is 6.18 Å². The number of rotatable bonds is 5. The van der Waals surface area contributed by atoms with E-state index >= 15 is 0 Å². The van der Waals surface area contributed by atoms with Gasteiger partial charge in [0, 0.05) is 11.8 Å². The largest absolute Gasteiger partial charge is 0.465 e. The maximum atomic E-state index is 12.5. The predicted octanol–water partition coefficient (Wildman–Crippen LogP) is 2.50. The molecule has 1 amide bonds. The number of ether oxygens (including phenoxy) is 1. The second-order valence-electron chi connectivity index (χ2n) is 5.07. The molecule has 0 aliphatic carbocycles. The maximum absolute atomic E-state index is 12.5. The Morgan fingerprint density at radius 3 is 2.35 bits per heavy atom. The third kappa shape index (κ3) is 4.44. The van der Waals surface area contributed by atoms with Gasteiger partial charge in [-0.25, -0.2) is 4.79 Å². The van der Waals surface area contributed by atoms with Crippen LogP contribution in [0.3, 0.4) is 0 Å². The minimum absolute atomic E-state index is 0.00696. The minimum atomic E-state index is -4.50. The zero-order valence-electron chi connectivity index (χ0n) is 13.5. The van der Waals surface area contributed by atoms with E-state index < -0.39 is 35.9 Å². The lowest BCUT2D eigenvalue weighted by molar-refractivity contribution is -0.137. The third-order valence-corrected chi connectivity index (χ3v) is 3.37. The number of carbonyl (C=O) groups is 3. The normalized spacial score (nSPS) is 10.9. The van der Waals surface area contributed by atoms with E-state index in [1.54, 1.807) is 0 Å². The van der Waals surface area contributed by atoms with Gasteiger partial charge in [0.15, 0.2) is 5.78 Å². The van der Waals surface area contributed by atoms with E-state index in [2.05, 4.69) is 15.0 Å². The SMILES string of the molecule is COC(=O)c1cccnc1C(=O)NCC(=O)c1ccc(C(F)(F)F)cc1. The summed E-state index contributed by atoms with van der Waals surface area (Å²) in [6.07, 6.45) is -3.21. The monoisotopic (exact) mass is 366 g/mol. The molecule has 1 aromatic heterocycles. The summed E-state index contributed by atoms with van der Waals surface area (Å²) in [5.41, 5.74) is -1.17. The number of Topliss-reactive ketones (excluding diaryl/α,β-unsaturated/α-hetero) is 1. The van der Waals surface area contributed by atoms with E-state index in [0.717, 1.165) is 31.4 Å². The molecule has 0 aliphatic rings. The molecule has 0 radical (unpaired) electrons. The number of carbonyl (C=O) groups excluding carboxylic acids is 3. The summed E-state index contributed by atoms with van der Waals surface area (Å²) >= 11 is 0. The lowest BCUT2D eigenvalue weighted by Gasteiger charge is -2.09. The number of nitrogens with one attached hydrogen (secondary N) is 1. The van der Waals surface area contributed by atoms with Crippen LogP contribution in [0.5, 0.6) is 0 Å². The van der Waals surface area contributed by atoms with Crippen LogP contribution < -0.4 is 5.32 Å². The number of amides is 1. The van der Waals surface area contributed by atoms with E-state index in [4.69, 9.17) is 0 Å². The molecule has 9 heteroatoms. The molecule has 26 heavy (non-hydrogen) atoms. The quantitative estimate of drug-likeness (QED) is 0.649. The highest BCUT2D eigenvalue weighted by atomic mass is 19.4. The number of hydrogen-bond acceptors (Lipinski definition) is 5. The highest BCUT2D eigenvalue weighted by Crippen LogP contribution is 2.29. The molecule has 1 N–H and O–H groups in total. The Balaban J connectivity index is 2.06. The molecule has 6 nitrogen and oxygen atoms in total. The van der Waals surface area contributed by atoms with Crippen molar-refractivity contribution >= 4 is 17.7 Å². The van der Waals surface area contributed by atoms with E-state index in [0.29, 0.717) is 0 Å². The topological polar surface area (TPSA) is 85.4 Å². The van der Waals surface area contributed by atoms with Gasteiger partial charge in [0.1, 0.15) is 5.69 Å².